The Labute approximate surface area is 136 Å². The van der Waals surface area contributed by atoms with Crippen molar-refractivity contribution in [1.82, 2.24) is 0 Å². The van der Waals surface area contributed by atoms with Crippen LogP contribution in [0.3, 0.4) is 0 Å². The van der Waals surface area contributed by atoms with E-state index in [-0.39, 0.29) is 0 Å². The molecular formula is C19H20O4. The molecule has 0 aliphatic heterocycles. The van der Waals surface area contributed by atoms with Crippen LogP contribution in [-0.2, 0) is 9.53 Å². The Morgan fingerprint density at radius 3 is 2.13 bits per heavy atom. The Morgan fingerprint density at radius 2 is 1.57 bits per heavy atom. The summed E-state index contributed by atoms with van der Waals surface area (Å²) in [6.45, 7) is 6.51. The Morgan fingerprint density at radius 1 is 0.957 bits per heavy atom. The fourth-order valence-corrected chi connectivity index (χ4v) is 2.24. The van der Waals surface area contributed by atoms with Crippen molar-refractivity contribution in [3.05, 3.63) is 65.2 Å². The average Bonchev–Trinajstić information content (AvgIpc) is 2.49. The normalized spacial score (nSPS) is 13.0. The number of ketones is 1. The summed E-state index contributed by atoms with van der Waals surface area (Å²) < 4.78 is 11.0. The van der Waals surface area contributed by atoms with Crippen molar-refractivity contribution in [1.29, 1.82) is 0 Å². The van der Waals surface area contributed by atoms with Gasteiger partial charge in [-0.05, 0) is 25.5 Å². The number of carbonyl (C=O) groups excluding carboxylic acids is 2. The highest BCUT2D eigenvalue weighted by Crippen LogP contribution is 2.26. The lowest BCUT2D eigenvalue weighted by Crippen LogP contribution is -2.45. The van der Waals surface area contributed by atoms with E-state index in [2.05, 4.69) is 0 Å². The summed E-state index contributed by atoms with van der Waals surface area (Å²) in [5.74, 6) is -2.21. The van der Waals surface area contributed by atoms with Gasteiger partial charge in [0.05, 0.1) is 0 Å². The minimum Gasteiger partial charge on any atom is -0.445 e. The zero-order valence-corrected chi connectivity index (χ0v) is 13.8. The lowest BCUT2D eigenvalue weighted by Gasteiger charge is -2.29. The number of rotatable bonds is 5. The van der Waals surface area contributed by atoms with Crippen LogP contribution in [0.1, 0.15) is 35.3 Å². The molecule has 2 aromatic carbocycles. The molecule has 1 atom stereocenters. The van der Waals surface area contributed by atoms with Crippen molar-refractivity contribution < 1.29 is 19.1 Å². The predicted molar refractivity (Wildman–Crippen MR) is 87.5 cm³/mol. The van der Waals surface area contributed by atoms with Crippen LogP contribution in [0, 0.1) is 13.8 Å². The van der Waals surface area contributed by atoms with E-state index in [9.17, 15) is 9.59 Å². The molecule has 0 N–H and O–H groups in total. The van der Waals surface area contributed by atoms with E-state index in [1.165, 1.54) is 13.8 Å². The van der Waals surface area contributed by atoms with Gasteiger partial charge in [-0.3, -0.25) is 9.59 Å². The SMILES string of the molecule is CC(=O)OC(C)(Oc1ccccc1C)C(=O)c1ccc(C)cc1. The van der Waals surface area contributed by atoms with Crippen LogP contribution >= 0.6 is 0 Å². The van der Waals surface area contributed by atoms with Gasteiger partial charge in [0, 0.05) is 19.4 Å². The molecule has 0 aliphatic carbocycles. The second-order valence-electron chi connectivity index (χ2n) is 5.60. The fourth-order valence-electron chi connectivity index (χ4n) is 2.24. The van der Waals surface area contributed by atoms with E-state index < -0.39 is 17.5 Å². The third-order valence-electron chi connectivity index (χ3n) is 3.46. The van der Waals surface area contributed by atoms with Gasteiger partial charge in [0.15, 0.2) is 0 Å². The summed E-state index contributed by atoms with van der Waals surface area (Å²) in [5, 5.41) is 0. The second-order valence-corrected chi connectivity index (χ2v) is 5.60. The van der Waals surface area contributed by atoms with Crippen molar-refractivity contribution in [3.8, 4) is 5.75 Å². The van der Waals surface area contributed by atoms with Gasteiger partial charge in [0.1, 0.15) is 5.75 Å². The van der Waals surface area contributed by atoms with Gasteiger partial charge in [-0.1, -0.05) is 48.0 Å². The summed E-state index contributed by atoms with van der Waals surface area (Å²) in [4.78, 5) is 24.3. The van der Waals surface area contributed by atoms with Crippen molar-refractivity contribution in [2.24, 2.45) is 0 Å². The second kappa shape index (κ2) is 6.65. The van der Waals surface area contributed by atoms with Gasteiger partial charge in [-0.25, -0.2) is 0 Å². The number of hydrogen-bond acceptors (Lipinski definition) is 4. The van der Waals surface area contributed by atoms with Gasteiger partial charge >= 0.3 is 11.8 Å². The molecule has 4 nitrogen and oxygen atoms in total. The highest BCUT2D eigenvalue weighted by Gasteiger charge is 2.40. The van der Waals surface area contributed by atoms with E-state index in [1.807, 2.05) is 38.1 Å². The van der Waals surface area contributed by atoms with E-state index >= 15 is 0 Å². The number of para-hydroxylation sites is 1. The molecule has 0 spiro atoms. The third kappa shape index (κ3) is 3.97. The highest BCUT2D eigenvalue weighted by molar-refractivity contribution is 6.02. The molecule has 120 valence electrons. The first-order valence-electron chi connectivity index (χ1n) is 7.37. The van der Waals surface area contributed by atoms with Gasteiger partial charge < -0.3 is 9.47 Å². The Hall–Kier alpha value is -2.62. The van der Waals surface area contributed by atoms with Crippen molar-refractivity contribution in [3.63, 3.8) is 0 Å². The smallest absolute Gasteiger partial charge is 0.315 e. The molecule has 2 rings (SSSR count). The van der Waals surface area contributed by atoms with Gasteiger partial charge in [0.25, 0.3) is 0 Å². The van der Waals surface area contributed by atoms with Crippen LogP contribution in [0.15, 0.2) is 48.5 Å². The fraction of sp³-hybridized carbons (Fsp3) is 0.263. The van der Waals surface area contributed by atoms with Crippen LogP contribution in [0.25, 0.3) is 0 Å². The molecule has 0 aliphatic rings. The summed E-state index contributed by atoms with van der Waals surface area (Å²) in [6.07, 6.45) is 0. The standard InChI is InChI=1S/C19H20O4/c1-13-9-11-16(12-10-13)18(21)19(4,22-15(3)20)23-17-8-6-5-7-14(17)2/h5-12H,1-4H3. The molecule has 0 aromatic heterocycles. The molecular weight excluding hydrogens is 292 g/mol. The maximum Gasteiger partial charge on any atom is 0.315 e. The lowest BCUT2D eigenvalue weighted by atomic mass is 10.0. The van der Waals surface area contributed by atoms with Crippen molar-refractivity contribution in [2.75, 3.05) is 0 Å². The van der Waals surface area contributed by atoms with E-state index in [1.54, 1.807) is 24.3 Å². The molecule has 2 aromatic rings. The van der Waals surface area contributed by atoms with E-state index in [4.69, 9.17) is 9.47 Å². The van der Waals surface area contributed by atoms with Crippen LogP contribution < -0.4 is 4.74 Å². The first-order valence-corrected chi connectivity index (χ1v) is 7.37. The molecule has 4 heteroatoms. The first kappa shape index (κ1) is 16.7. The molecule has 0 bridgehead atoms. The van der Waals surface area contributed by atoms with Crippen LogP contribution in [0.5, 0.6) is 5.75 Å². The van der Waals surface area contributed by atoms with Crippen LogP contribution in [0.4, 0.5) is 0 Å². The summed E-state index contributed by atoms with van der Waals surface area (Å²) in [7, 11) is 0. The zero-order chi connectivity index (χ0) is 17.0. The number of aryl methyl sites for hydroxylation is 2. The number of benzene rings is 2. The quantitative estimate of drug-likeness (QED) is 0.478. The average molecular weight is 312 g/mol. The summed E-state index contributed by atoms with van der Waals surface area (Å²) in [5.41, 5.74) is 2.31. The minimum absolute atomic E-state index is 0.407. The molecule has 0 heterocycles. The lowest BCUT2D eigenvalue weighted by molar-refractivity contribution is -0.175. The topological polar surface area (TPSA) is 52.6 Å². The molecule has 0 saturated carbocycles. The molecule has 23 heavy (non-hydrogen) atoms. The molecule has 0 radical (unpaired) electrons. The maximum absolute atomic E-state index is 12.8. The van der Waals surface area contributed by atoms with Gasteiger partial charge in [-0.15, -0.1) is 0 Å². The van der Waals surface area contributed by atoms with E-state index in [0.29, 0.717) is 11.3 Å². The Balaban J connectivity index is 2.38. The number of carbonyl (C=O) groups is 2. The number of Topliss-reactive ketones (excluding diaryl/α,β-unsaturated/α-hetero) is 1. The number of esters is 1. The molecule has 0 saturated heterocycles. The zero-order valence-electron chi connectivity index (χ0n) is 13.8. The molecule has 1 unspecified atom stereocenters. The minimum atomic E-state index is -1.72. The molecule has 0 fully saturated rings. The monoisotopic (exact) mass is 312 g/mol. The van der Waals surface area contributed by atoms with Gasteiger partial charge in [0.2, 0.25) is 5.78 Å². The predicted octanol–water partition coefficient (Wildman–Crippen LogP) is 3.84. The van der Waals surface area contributed by atoms with Crippen LogP contribution in [0.2, 0.25) is 0 Å². The van der Waals surface area contributed by atoms with Crippen molar-refractivity contribution >= 4 is 11.8 Å². The highest BCUT2D eigenvalue weighted by atomic mass is 16.7. The van der Waals surface area contributed by atoms with E-state index in [0.717, 1.165) is 11.1 Å². The Bertz CT molecular complexity index is 718. The van der Waals surface area contributed by atoms with Crippen LogP contribution in [-0.4, -0.2) is 17.5 Å². The molecule has 0 amide bonds. The Kier molecular flexibility index (Phi) is 4.84. The van der Waals surface area contributed by atoms with Gasteiger partial charge in [-0.2, -0.15) is 0 Å². The summed E-state index contributed by atoms with van der Waals surface area (Å²) >= 11 is 0. The number of ether oxygens (including phenoxy) is 2. The maximum atomic E-state index is 12.8. The largest absolute Gasteiger partial charge is 0.445 e. The number of hydrogen-bond donors (Lipinski definition) is 0. The first-order chi connectivity index (χ1) is 10.8. The van der Waals surface area contributed by atoms with Crippen molar-refractivity contribution in [2.45, 2.75) is 33.5 Å². The third-order valence-corrected chi connectivity index (χ3v) is 3.46. The summed E-state index contributed by atoms with van der Waals surface area (Å²) in [6, 6.07) is 14.3.